The first kappa shape index (κ1) is 20.9. The molecule has 1 aromatic heterocycles. The maximum absolute atomic E-state index is 5.07. The van der Waals surface area contributed by atoms with Crippen molar-refractivity contribution in [3.63, 3.8) is 0 Å². The second-order valence-electron chi connectivity index (χ2n) is 8.83. The first-order valence-electron chi connectivity index (χ1n) is 10.4. The number of imidazole rings is 1. The summed E-state index contributed by atoms with van der Waals surface area (Å²) in [5, 5.41) is 3.39. The van der Waals surface area contributed by atoms with Crippen LogP contribution in [0, 0.1) is 0 Å². The quantitative estimate of drug-likeness (QED) is 0.431. The van der Waals surface area contributed by atoms with E-state index in [1.54, 1.807) is 0 Å². The molecule has 0 radical (unpaired) electrons. The van der Waals surface area contributed by atoms with Crippen LogP contribution in [0.2, 0.25) is 0 Å². The largest absolute Gasteiger partial charge is 0.354 e. The molecule has 0 aliphatic carbocycles. The number of anilines is 1. The Kier molecular flexibility index (Phi) is 5.97. The molecule has 29 heavy (non-hydrogen) atoms. The number of rotatable bonds is 7. The van der Waals surface area contributed by atoms with Gasteiger partial charge in [-0.25, -0.2) is 4.98 Å². The second-order valence-corrected chi connectivity index (χ2v) is 8.83. The average molecular weight is 388 g/mol. The number of unbranched alkanes of at least 4 members (excludes halogenated alkanes) is 1. The highest BCUT2D eigenvalue weighted by Crippen LogP contribution is 2.32. The number of hydrogen-bond donors (Lipinski definition) is 1. The van der Waals surface area contributed by atoms with Crippen molar-refractivity contribution >= 4 is 16.7 Å². The van der Waals surface area contributed by atoms with Crippen LogP contribution in [0.5, 0.6) is 0 Å². The van der Waals surface area contributed by atoms with E-state index in [-0.39, 0.29) is 5.41 Å². The van der Waals surface area contributed by atoms with Gasteiger partial charge in [-0.2, -0.15) is 0 Å². The van der Waals surface area contributed by atoms with Crippen molar-refractivity contribution in [3.05, 3.63) is 72.5 Å². The maximum atomic E-state index is 5.07. The molecule has 0 aliphatic rings. The summed E-state index contributed by atoms with van der Waals surface area (Å²) in [6, 6.07) is 15.1. The number of benzene rings is 2. The Bertz CT molecular complexity index is 1030. The molecule has 3 heteroatoms. The molecule has 0 fully saturated rings. The molecule has 152 valence electrons. The van der Waals surface area contributed by atoms with Gasteiger partial charge >= 0.3 is 0 Å². The Morgan fingerprint density at radius 3 is 2.34 bits per heavy atom. The van der Waals surface area contributed by atoms with Crippen molar-refractivity contribution < 1.29 is 0 Å². The van der Waals surface area contributed by atoms with Crippen LogP contribution in [0.25, 0.3) is 22.4 Å². The minimum atomic E-state index is 0.140. The first-order chi connectivity index (χ1) is 13.7. The highest BCUT2D eigenvalue weighted by molar-refractivity contribution is 5.92. The number of aryl methyl sites for hydroxylation is 1. The molecule has 1 heterocycles. The van der Waals surface area contributed by atoms with Gasteiger partial charge in [-0.05, 0) is 42.0 Å². The molecule has 1 N–H and O–H groups in total. The Labute approximate surface area is 175 Å². The van der Waals surface area contributed by atoms with Crippen molar-refractivity contribution in [1.29, 1.82) is 0 Å². The molecule has 2 aromatic carbocycles. The van der Waals surface area contributed by atoms with Crippen LogP contribution >= 0.6 is 0 Å². The van der Waals surface area contributed by atoms with Crippen molar-refractivity contribution in [3.8, 4) is 11.4 Å². The molecule has 0 bridgehead atoms. The molecule has 3 aromatic rings. The van der Waals surface area contributed by atoms with E-state index in [0.29, 0.717) is 0 Å². The van der Waals surface area contributed by atoms with E-state index in [4.69, 9.17) is 4.98 Å². The molecular weight excluding hydrogens is 354 g/mol. The minimum absolute atomic E-state index is 0.140. The van der Waals surface area contributed by atoms with Crippen LogP contribution < -0.4 is 5.32 Å². The second kappa shape index (κ2) is 8.28. The number of aromatic nitrogens is 2. The predicted octanol–water partition coefficient (Wildman–Crippen LogP) is 7.30. The number of para-hydroxylation sites is 1. The molecular formula is C26H33N3. The lowest BCUT2D eigenvalue weighted by Gasteiger charge is -2.19. The summed E-state index contributed by atoms with van der Waals surface area (Å²) in [7, 11) is 0. The monoisotopic (exact) mass is 387 g/mol. The molecule has 0 saturated heterocycles. The van der Waals surface area contributed by atoms with Crippen LogP contribution in [0.15, 0.2) is 66.9 Å². The van der Waals surface area contributed by atoms with Gasteiger partial charge in [0, 0.05) is 17.8 Å². The van der Waals surface area contributed by atoms with E-state index in [1.165, 1.54) is 5.56 Å². The van der Waals surface area contributed by atoms with Gasteiger partial charge < -0.3 is 9.88 Å². The van der Waals surface area contributed by atoms with Crippen molar-refractivity contribution in [2.45, 2.75) is 59.4 Å². The minimum Gasteiger partial charge on any atom is -0.354 e. The number of nitrogens with zero attached hydrogens (tertiary/aromatic N) is 2. The Morgan fingerprint density at radius 1 is 1.07 bits per heavy atom. The van der Waals surface area contributed by atoms with E-state index in [2.05, 4.69) is 93.2 Å². The SMILES string of the molecule is C=C(C)C(=C)Nc1cccc2c1nc(-c1ccc(C(C)(C)C)cc1)n2CCCC. The average Bonchev–Trinajstić information content (AvgIpc) is 3.05. The zero-order chi connectivity index (χ0) is 21.2. The third-order valence-corrected chi connectivity index (χ3v) is 5.32. The summed E-state index contributed by atoms with van der Waals surface area (Å²) in [6.45, 7) is 19.9. The Morgan fingerprint density at radius 2 is 1.76 bits per heavy atom. The molecule has 0 saturated carbocycles. The van der Waals surface area contributed by atoms with Gasteiger partial charge in [0.2, 0.25) is 0 Å². The normalized spacial score (nSPS) is 11.6. The van der Waals surface area contributed by atoms with Crippen LogP contribution in [-0.4, -0.2) is 9.55 Å². The molecule has 0 unspecified atom stereocenters. The predicted molar refractivity (Wildman–Crippen MR) is 126 cm³/mol. The molecule has 3 nitrogen and oxygen atoms in total. The fourth-order valence-corrected chi connectivity index (χ4v) is 3.40. The van der Waals surface area contributed by atoms with E-state index in [1.807, 2.05) is 6.92 Å². The van der Waals surface area contributed by atoms with Gasteiger partial charge in [0.25, 0.3) is 0 Å². The molecule has 0 spiro atoms. The molecule has 3 rings (SSSR count). The zero-order valence-corrected chi connectivity index (χ0v) is 18.5. The smallest absolute Gasteiger partial charge is 0.141 e. The molecule has 0 atom stereocenters. The fourth-order valence-electron chi connectivity index (χ4n) is 3.40. The summed E-state index contributed by atoms with van der Waals surface area (Å²) < 4.78 is 2.35. The lowest BCUT2D eigenvalue weighted by atomic mass is 9.87. The maximum Gasteiger partial charge on any atom is 0.141 e. The summed E-state index contributed by atoms with van der Waals surface area (Å²) >= 11 is 0. The van der Waals surface area contributed by atoms with Gasteiger partial charge in [0.05, 0.1) is 11.2 Å². The topological polar surface area (TPSA) is 29.9 Å². The van der Waals surface area contributed by atoms with E-state index >= 15 is 0 Å². The zero-order valence-electron chi connectivity index (χ0n) is 18.5. The number of fused-ring (bicyclic) bond motifs is 1. The summed E-state index contributed by atoms with van der Waals surface area (Å²) in [5.74, 6) is 1.02. The third kappa shape index (κ3) is 4.45. The van der Waals surface area contributed by atoms with Gasteiger partial charge in [0.15, 0.2) is 0 Å². The van der Waals surface area contributed by atoms with Gasteiger partial charge in [-0.15, -0.1) is 0 Å². The lowest BCUT2D eigenvalue weighted by Crippen LogP contribution is -2.10. The molecule has 0 aliphatic heterocycles. The Balaban J connectivity index is 2.12. The fraction of sp³-hybridized carbons (Fsp3) is 0.346. The third-order valence-electron chi connectivity index (χ3n) is 5.32. The number of nitrogens with one attached hydrogen (secondary N) is 1. The number of hydrogen-bond acceptors (Lipinski definition) is 2. The van der Waals surface area contributed by atoms with Gasteiger partial charge in [0.1, 0.15) is 11.3 Å². The van der Waals surface area contributed by atoms with Crippen molar-refractivity contribution in [2.75, 3.05) is 5.32 Å². The highest BCUT2D eigenvalue weighted by Gasteiger charge is 2.17. The van der Waals surface area contributed by atoms with Crippen LogP contribution in [0.1, 0.15) is 53.0 Å². The highest BCUT2D eigenvalue weighted by atomic mass is 15.1. The van der Waals surface area contributed by atoms with E-state index in [0.717, 1.165) is 58.8 Å². The van der Waals surface area contributed by atoms with E-state index < -0.39 is 0 Å². The van der Waals surface area contributed by atoms with Gasteiger partial charge in [-0.1, -0.05) is 77.6 Å². The van der Waals surface area contributed by atoms with Crippen molar-refractivity contribution in [2.24, 2.45) is 0 Å². The molecule has 0 amide bonds. The number of allylic oxidation sites excluding steroid dienone is 1. The van der Waals surface area contributed by atoms with Crippen LogP contribution in [-0.2, 0) is 12.0 Å². The van der Waals surface area contributed by atoms with Crippen molar-refractivity contribution in [1.82, 2.24) is 9.55 Å². The standard InChI is InChI=1S/C26H33N3/c1-8-9-17-29-23-12-10-11-22(27-19(4)18(2)3)24(23)28-25(29)20-13-15-21(16-14-20)26(5,6)7/h10-16,27H,2,4,8-9,17H2,1,3,5-7H3. The Hall–Kier alpha value is -2.81. The summed E-state index contributed by atoms with van der Waals surface area (Å²) in [6.07, 6.45) is 2.27. The van der Waals surface area contributed by atoms with Gasteiger partial charge in [-0.3, -0.25) is 0 Å². The summed E-state index contributed by atoms with van der Waals surface area (Å²) in [5.41, 5.74) is 7.45. The lowest BCUT2D eigenvalue weighted by molar-refractivity contribution is 0.590. The van der Waals surface area contributed by atoms with Crippen LogP contribution in [0.4, 0.5) is 5.69 Å². The van der Waals surface area contributed by atoms with Crippen LogP contribution in [0.3, 0.4) is 0 Å². The summed E-state index contributed by atoms with van der Waals surface area (Å²) in [4.78, 5) is 5.07. The first-order valence-corrected chi connectivity index (χ1v) is 10.4. The van der Waals surface area contributed by atoms with E-state index in [9.17, 15) is 0 Å².